The summed E-state index contributed by atoms with van der Waals surface area (Å²) in [5.41, 5.74) is 3.74. The molecule has 152 valence electrons. The molecule has 2 heterocycles. The highest BCUT2D eigenvalue weighted by Gasteiger charge is 2.15. The van der Waals surface area contributed by atoms with E-state index >= 15 is 0 Å². The number of hydrogen-bond acceptors (Lipinski definition) is 7. The molecule has 1 aromatic heterocycles. The Morgan fingerprint density at radius 2 is 1.90 bits per heavy atom. The lowest BCUT2D eigenvalue weighted by Crippen LogP contribution is -2.32. The Morgan fingerprint density at radius 3 is 2.72 bits per heavy atom. The maximum absolute atomic E-state index is 5.33. The Kier molecular flexibility index (Phi) is 5.95. The first-order valence-corrected chi connectivity index (χ1v) is 9.86. The Balaban J connectivity index is 1.27. The summed E-state index contributed by atoms with van der Waals surface area (Å²) in [5.74, 6) is 1.81. The van der Waals surface area contributed by atoms with Crippen LogP contribution in [0.25, 0.3) is 11.4 Å². The van der Waals surface area contributed by atoms with Crippen molar-refractivity contribution in [3.63, 3.8) is 0 Å². The lowest BCUT2D eigenvalue weighted by Gasteiger charge is -2.28. The van der Waals surface area contributed by atoms with Crippen LogP contribution in [0.3, 0.4) is 0 Å². The van der Waals surface area contributed by atoms with Gasteiger partial charge in [0.1, 0.15) is 0 Å². The number of rotatable bonds is 8. The zero-order valence-corrected chi connectivity index (χ0v) is 16.9. The van der Waals surface area contributed by atoms with Crippen LogP contribution in [0.4, 0.5) is 6.01 Å². The molecule has 4 rings (SSSR count). The summed E-state index contributed by atoms with van der Waals surface area (Å²) in [7, 11) is 3.21. The number of anilines is 1. The van der Waals surface area contributed by atoms with Gasteiger partial charge < -0.3 is 19.3 Å². The van der Waals surface area contributed by atoms with E-state index < -0.39 is 0 Å². The molecule has 0 saturated heterocycles. The fourth-order valence-corrected chi connectivity index (χ4v) is 3.63. The SMILES string of the molecule is COc1ccc(-c2noc(NCCCN3CCc4ccccc4C3)n2)cc1OC. The number of nitrogens with one attached hydrogen (secondary N) is 1. The van der Waals surface area contributed by atoms with Gasteiger partial charge in [-0.3, -0.25) is 4.90 Å². The summed E-state index contributed by atoms with van der Waals surface area (Å²) in [6.45, 7) is 3.96. The first-order chi connectivity index (χ1) is 14.3. The smallest absolute Gasteiger partial charge is 0.321 e. The van der Waals surface area contributed by atoms with Crippen molar-refractivity contribution in [3.05, 3.63) is 53.6 Å². The van der Waals surface area contributed by atoms with Crippen LogP contribution in [-0.4, -0.2) is 48.9 Å². The second-order valence-corrected chi connectivity index (χ2v) is 7.07. The van der Waals surface area contributed by atoms with Crippen LogP contribution in [0.5, 0.6) is 11.5 Å². The van der Waals surface area contributed by atoms with E-state index in [0.29, 0.717) is 23.3 Å². The molecule has 0 fully saturated rings. The summed E-state index contributed by atoms with van der Waals surface area (Å²) in [6.07, 6.45) is 2.14. The number of nitrogens with zero attached hydrogens (tertiary/aromatic N) is 3. The predicted octanol–water partition coefficient (Wildman–Crippen LogP) is 3.61. The third-order valence-electron chi connectivity index (χ3n) is 5.20. The molecule has 3 aromatic rings. The molecule has 0 saturated carbocycles. The first kappa shape index (κ1) is 19.3. The summed E-state index contributed by atoms with van der Waals surface area (Å²) < 4.78 is 15.9. The van der Waals surface area contributed by atoms with Crippen LogP contribution in [-0.2, 0) is 13.0 Å². The number of fused-ring (bicyclic) bond motifs is 1. The van der Waals surface area contributed by atoms with Crippen molar-refractivity contribution in [2.24, 2.45) is 0 Å². The molecule has 1 aliphatic heterocycles. The molecule has 7 nitrogen and oxygen atoms in total. The van der Waals surface area contributed by atoms with Crippen molar-refractivity contribution >= 4 is 6.01 Å². The Morgan fingerprint density at radius 1 is 1.07 bits per heavy atom. The Bertz CT molecular complexity index is 957. The monoisotopic (exact) mass is 394 g/mol. The lowest BCUT2D eigenvalue weighted by molar-refractivity contribution is 0.253. The van der Waals surface area contributed by atoms with E-state index in [4.69, 9.17) is 14.0 Å². The molecule has 1 N–H and O–H groups in total. The normalized spacial score (nSPS) is 13.7. The van der Waals surface area contributed by atoms with Gasteiger partial charge in [-0.1, -0.05) is 29.4 Å². The van der Waals surface area contributed by atoms with Gasteiger partial charge in [0, 0.05) is 31.7 Å². The molecule has 0 spiro atoms. The number of benzene rings is 2. The maximum atomic E-state index is 5.33. The summed E-state index contributed by atoms with van der Waals surface area (Å²) >= 11 is 0. The number of ether oxygens (including phenoxy) is 2. The molecule has 29 heavy (non-hydrogen) atoms. The number of methoxy groups -OCH3 is 2. The molecule has 0 aliphatic carbocycles. The van der Waals surface area contributed by atoms with Crippen molar-refractivity contribution in [2.45, 2.75) is 19.4 Å². The van der Waals surface area contributed by atoms with E-state index in [1.54, 1.807) is 14.2 Å². The molecule has 7 heteroatoms. The van der Waals surface area contributed by atoms with Crippen LogP contribution < -0.4 is 14.8 Å². The first-order valence-electron chi connectivity index (χ1n) is 9.86. The zero-order valence-electron chi connectivity index (χ0n) is 16.9. The van der Waals surface area contributed by atoms with E-state index in [0.717, 1.165) is 44.6 Å². The van der Waals surface area contributed by atoms with Crippen molar-refractivity contribution in [1.29, 1.82) is 0 Å². The van der Waals surface area contributed by atoms with Gasteiger partial charge in [-0.2, -0.15) is 4.98 Å². The predicted molar refractivity (Wildman–Crippen MR) is 111 cm³/mol. The van der Waals surface area contributed by atoms with Gasteiger partial charge in [0.25, 0.3) is 0 Å². The minimum absolute atomic E-state index is 0.429. The average molecular weight is 394 g/mol. The second-order valence-electron chi connectivity index (χ2n) is 7.07. The van der Waals surface area contributed by atoms with E-state index in [1.165, 1.54) is 11.1 Å². The van der Waals surface area contributed by atoms with Crippen molar-refractivity contribution in [1.82, 2.24) is 15.0 Å². The third kappa shape index (κ3) is 4.51. The molecular formula is C22H26N4O3. The Hall–Kier alpha value is -3.06. The van der Waals surface area contributed by atoms with E-state index in [1.807, 2.05) is 18.2 Å². The third-order valence-corrected chi connectivity index (χ3v) is 5.20. The maximum Gasteiger partial charge on any atom is 0.321 e. The molecule has 0 bridgehead atoms. The van der Waals surface area contributed by atoms with Crippen LogP contribution in [0.1, 0.15) is 17.5 Å². The highest BCUT2D eigenvalue weighted by atomic mass is 16.5. The highest BCUT2D eigenvalue weighted by Crippen LogP contribution is 2.31. The largest absolute Gasteiger partial charge is 0.493 e. The molecular weight excluding hydrogens is 368 g/mol. The van der Waals surface area contributed by atoms with Crippen molar-refractivity contribution < 1.29 is 14.0 Å². The number of aromatic nitrogens is 2. The van der Waals surface area contributed by atoms with Crippen molar-refractivity contribution in [2.75, 3.05) is 39.2 Å². The zero-order chi connectivity index (χ0) is 20.1. The van der Waals surface area contributed by atoms with Gasteiger partial charge in [-0.15, -0.1) is 0 Å². The minimum atomic E-state index is 0.429. The van der Waals surface area contributed by atoms with Gasteiger partial charge in [0.05, 0.1) is 14.2 Å². The second kappa shape index (κ2) is 8.96. The fourth-order valence-electron chi connectivity index (χ4n) is 3.63. The summed E-state index contributed by atoms with van der Waals surface area (Å²) in [5, 5.41) is 7.28. The number of hydrogen-bond donors (Lipinski definition) is 1. The molecule has 0 atom stereocenters. The highest BCUT2D eigenvalue weighted by molar-refractivity contribution is 5.61. The van der Waals surface area contributed by atoms with E-state index in [9.17, 15) is 0 Å². The molecule has 2 aromatic carbocycles. The minimum Gasteiger partial charge on any atom is -0.493 e. The summed E-state index contributed by atoms with van der Waals surface area (Å²) in [6, 6.07) is 14.7. The van der Waals surface area contributed by atoms with Crippen LogP contribution >= 0.6 is 0 Å². The van der Waals surface area contributed by atoms with Crippen molar-refractivity contribution in [3.8, 4) is 22.9 Å². The molecule has 1 aliphatic rings. The van der Waals surface area contributed by atoms with Crippen LogP contribution in [0.15, 0.2) is 47.0 Å². The Labute approximate surface area is 170 Å². The van der Waals surface area contributed by atoms with Gasteiger partial charge in [0.15, 0.2) is 11.5 Å². The summed E-state index contributed by atoms with van der Waals surface area (Å²) in [4.78, 5) is 6.92. The van der Waals surface area contributed by atoms with E-state index in [2.05, 4.69) is 44.6 Å². The van der Waals surface area contributed by atoms with Gasteiger partial charge in [-0.05, 0) is 42.2 Å². The van der Waals surface area contributed by atoms with Gasteiger partial charge in [-0.25, -0.2) is 0 Å². The molecule has 0 unspecified atom stereocenters. The average Bonchev–Trinajstić information content (AvgIpc) is 3.25. The standard InChI is InChI=1S/C22H26N4O3/c1-27-19-9-8-17(14-20(19)28-2)21-24-22(29-25-21)23-11-5-12-26-13-10-16-6-3-4-7-18(16)15-26/h3-4,6-9,14H,5,10-13,15H2,1-2H3,(H,23,24,25). The van der Waals surface area contributed by atoms with Crippen LogP contribution in [0, 0.1) is 0 Å². The van der Waals surface area contributed by atoms with Gasteiger partial charge >= 0.3 is 6.01 Å². The lowest BCUT2D eigenvalue weighted by atomic mass is 10.00. The molecule has 0 amide bonds. The van der Waals surface area contributed by atoms with Crippen LogP contribution in [0.2, 0.25) is 0 Å². The quantitative estimate of drug-likeness (QED) is 0.585. The topological polar surface area (TPSA) is 72.7 Å². The fraction of sp³-hybridized carbons (Fsp3) is 0.364. The molecule has 0 radical (unpaired) electrons. The van der Waals surface area contributed by atoms with E-state index in [-0.39, 0.29) is 0 Å². The van der Waals surface area contributed by atoms with Gasteiger partial charge in [0.2, 0.25) is 5.82 Å².